The molecule has 0 atom stereocenters. The van der Waals surface area contributed by atoms with Gasteiger partial charge in [-0.25, -0.2) is 9.78 Å². The molecule has 0 saturated heterocycles. The number of halogens is 3. The lowest BCUT2D eigenvalue weighted by molar-refractivity contribution is -0.137. The molecule has 0 aliphatic rings. The summed E-state index contributed by atoms with van der Waals surface area (Å²) >= 11 is 0. The summed E-state index contributed by atoms with van der Waals surface area (Å²) < 4.78 is 40.1. The van der Waals surface area contributed by atoms with Gasteiger partial charge >= 0.3 is 12.2 Å². The normalized spacial score (nSPS) is 11.5. The summed E-state index contributed by atoms with van der Waals surface area (Å²) in [6.45, 7) is 0. The van der Waals surface area contributed by atoms with Crippen molar-refractivity contribution in [2.45, 2.75) is 6.18 Å². The zero-order valence-corrected chi connectivity index (χ0v) is 16.2. The van der Waals surface area contributed by atoms with Crippen LogP contribution in [0.4, 0.5) is 35.2 Å². The lowest BCUT2D eigenvalue weighted by atomic mass is 10.0. The van der Waals surface area contributed by atoms with Gasteiger partial charge in [-0.15, -0.1) is 0 Å². The van der Waals surface area contributed by atoms with Gasteiger partial charge in [-0.3, -0.25) is 4.68 Å². The number of nitrogen functional groups attached to an aromatic ring is 1. The van der Waals surface area contributed by atoms with Gasteiger partial charge < -0.3 is 16.4 Å². The van der Waals surface area contributed by atoms with E-state index in [-0.39, 0.29) is 5.69 Å². The summed E-state index contributed by atoms with van der Waals surface area (Å²) in [5, 5.41) is 10.1. The maximum atomic E-state index is 12.8. The third-order valence-electron chi connectivity index (χ3n) is 4.72. The van der Waals surface area contributed by atoms with Gasteiger partial charge in [0, 0.05) is 29.4 Å². The number of nitrogens with two attached hydrogens (primary N) is 1. The second-order valence-corrected chi connectivity index (χ2v) is 6.82. The highest BCUT2D eigenvalue weighted by atomic mass is 19.4. The molecule has 4 aromatic rings. The van der Waals surface area contributed by atoms with Crippen LogP contribution in [0.3, 0.4) is 0 Å². The number of hydrogen-bond acceptors (Lipinski definition) is 4. The van der Waals surface area contributed by atoms with Crippen LogP contribution < -0.4 is 16.4 Å². The topological polar surface area (TPSA) is 97.9 Å². The fraction of sp³-hybridized carbons (Fsp3) is 0.0952. The molecular formula is C21H17F3N6O. The average molecular weight is 426 g/mol. The van der Waals surface area contributed by atoms with Gasteiger partial charge in [0.15, 0.2) is 0 Å². The number of nitrogens with zero attached hydrogens (tertiary/aromatic N) is 3. The molecule has 4 rings (SSSR count). The molecule has 2 amide bonds. The maximum absolute atomic E-state index is 12.8. The van der Waals surface area contributed by atoms with E-state index < -0.39 is 17.8 Å². The largest absolute Gasteiger partial charge is 0.416 e. The van der Waals surface area contributed by atoms with Gasteiger partial charge in [-0.05, 0) is 35.9 Å². The minimum atomic E-state index is -4.49. The molecule has 2 heterocycles. The Kier molecular flexibility index (Phi) is 4.97. The first-order valence-corrected chi connectivity index (χ1v) is 9.14. The molecular weight excluding hydrogens is 409 g/mol. The van der Waals surface area contributed by atoms with E-state index in [9.17, 15) is 18.0 Å². The summed E-state index contributed by atoms with van der Waals surface area (Å²) in [5.74, 6) is 0.350. The van der Waals surface area contributed by atoms with Crippen LogP contribution in [-0.2, 0) is 13.2 Å². The SMILES string of the molecule is Cn1ncc2c(-c3ccc(NC(=O)Nc4cccc(C(F)(F)F)c4)cc3)c(N)ncc21. The summed E-state index contributed by atoms with van der Waals surface area (Å²) in [5.41, 5.74) is 8.05. The van der Waals surface area contributed by atoms with Crippen LogP contribution >= 0.6 is 0 Å². The number of rotatable bonds is 3. The second-order valence-electron chi connectivity index (χ2n) is 6.82. The number of aromatic nitrogens is 3. The van der Waals surface area contributed by atoms with Gasteiger partial charge in [0.05, 0.1) is 23.5 Å². The Morgan fingerprint density at radius 1 is 1.03 bits per heavy atom. The number of fused-ring (bicyclic) bond motifs is 1. The molecule has 158 valence electrons. The van der Waals surface area contributed by atoms with E-state index in [1.165, 1.54) is 12.1 Å². The molecule has 0 fully saturated rings. The number of pyridine rings is 1. The predicted molar refractivity (Wildman–Crippen MR) is 112 cm³/mol. The number of nitrogens with one attached hydrogen (secondary N) is 2. The monoisotopic (exact) mass is 426 g/mol. The minimum Gasteiger partial charge on any atom is -0.383 e. The van der Waals surface area contributed by atoms with Crippen molar-refractivity contribution in [3.8, 4) is 11.1 Å². The first-order chi connectivity index (χ1) is 14.7. The number of amides is 2. The molecule has 0 aliphatic carbocycles. The van der Waals surface area contributed by atoms with Crippen LogP contribution in [0.25, 0.3) is 22.0 Å². The number of carbonyl (C=O) groups is 1. The van der Waals surface area contributed by atoms with Crippen molar-refractivity contribution < 1.29 is 18.0 Å². The smallest absolute Gasteiger partial charge is 0.383 e. The first-order valence-electron chi connectivity index (χ1n) is 9.14. The Labute approximate surface area is 174 Å². The van der Waals surface area contributed by atoms with Crippen molar-refractivity contribution in [3.05, 3.63) is 66.5 Å². The molecule has 2 aromatic carbocycles. The van der Waals surface area contributed by atoms with E-state index in [1.54, 1.807) is 48.4 Å². The highest BCUT2D eigenvalue weighted by molar-refractivity contribution is 6.01. The molecule has 0 saturated carbocycles. The van der Waals surface area contributed by atoms with E-state index >= 15 is 0 Å². The summed E-state index contributed by atoms with van der Waals surface area (Å²) in [7, 11) is 1.81. The molecule has 0 radical (unpaired) electrons. The molecule has 31 heavy (non-hydrogen) atoms. The molecule has 7 nitrogen and oxygen atoms in total. The fourth-order valence-corrected chi connectivity index (χ4v) is 3.22. The number of hydrogen-bond donors (Lipinski definition) is 3. The Hall–Kier alpha value is -4.08. The van der Waals surface area contributed by atoms with Crippen LogP contribution in [0.1, 0.15) is 5.56 Å². The molecule has 10 heteroatoms. The van der Waals surface area contributed by atoms with Gasteiger partial charge in [-0.2, -0.15) is 18.3 Å². The molecule has 2 aromatic heterocycles. The molecule has 0 bridgehead atoms. The van der Waals surface area contributed by atoms with Crippen molar-refractivity contribution in [1.29, 1.82) is 0 Å². The average Bonchev–Trinajstić information content (AvgIpc) is 3.09. The molecule has 4 N–H and O–H groups in total. The third kappa shape index (κ3) is 4.13. The summed E-state index contributed by atoms with van der Waals surface area (Å²) in [4.78, 5) is 16.4. The van der Waals surface area contributed by atoms with Crippen LogP contribution in [0, 0.1) is 0 Å². The van der Waals surface area contributed by atoms with Crippen LogP contribution in [0.2, 0.25) is 0 Å². The van der Waals surface area contributed by atoms with Gasteiger partial charge in [-0.1, -0.05) is 18.2 Å². The predicted octanol–water partition coefficient (Wildman–Crippen LogP) is 4.88. The van der Waals surface area contributed by atoms with Gasteiger partial charge in [0.2, 0.25) is 0 Å². The van der Waals surface area contributed by atoms with Crippen LogP contribution in [0.5, 0.6) is 0 Å². The number of aryl methyl sites for hydroxylation is 1. The standard InChI is InChI=1S/C21H17F3N6O/c1-30-17-11-26-19(25)18(16(17)10-27-30)12-5-7-14(8-6-12)28-20(31)29-15-4-2-3-13(9-15)21(22,23)24/h2-11H,1H3,(H2,25,26)(H2,28,29,31). The van der Waals surface area contributed by atoms with E-state index in [0.717, 1.165) is 34.2 Å². The van der Waals surface area contributed by atoms with Crippen molar-refractivity contribution >= 4 is 34.1 Å². The highest BCUT2D eigenvalue weighted by Crippen LogP contribution is 2.33. The van der Waals surface area contributed by atoms with Crippen molar-refractivity contribution in [2.75, 3.05) is 16.4 Å². The zero-order valence-electron chi connectivity index (χ0n) is 16.2. The molecule has 0 aliphatic heterocycles. The number of carbonyl (C=O) groups excluding carboxylic acids is 1. The third-order valence-corrected chi connectivity index (χ3v) is 4.72. The first kappa shape index (κ1) is 20.2. The minimum absolute atomic E-state index is 0.0334. The molecule has 0 spiro atoms. The number of anilines is 3. The van der Waals surface area contributed by atoms with Crippen molar-refractivity contribution in [1.82, 2.24) is 14.8 Å². The summed E-state index contributed by atoms with van der Waals surface area (Å²) in [6, 6.07) is 10.6. The Balaban J connectivity index is 1.51. The lowest BCUT2D eigenvalue weighted by Crippen LogP contribution is -2.19. The van der Waals surface area contributed by atoms with Crippen molar-refractivity contribution in [2.24, 2.45) is 7.05 Å². The van der Waals surface area contributed by atoms with Crippen LogP contribution in [0.15, 0.2) is 60.9 Å². The maximum Gasteiger partial charge on any atom is 0.416 e. The second kappa shape index (κ2) is 7.63. The quantitative estimate of drug-likeness (QED) is 0.435. The highest BCUT2D eigenvalue weighted by Gasteiger charge is 2.30. The fourth-order valence-electron chi connectivity index (χ4n) is 3.22. The van der Waals surface area contributed by atoms with Crippen LogP contribution in [-0.4, -0.2) is 20.8 Å². The Morgan fingerprint density at radius 2 is 1.74 bits per heavy atom. The summed E-state index contributed by atoms with van der Waals surface area (Å²) in [6.07, 6.45) is -1.13. The number of benzene rings is 2. The number of urea groups is 1. The van der Waals surface area contributed by atoms with E-state index in [2.05, 4.69) is 20.7 Å². The van der Waals surface area contributed by atoms with E-state index in [1.807, 2.05) is 0 Å². The molecule has 0 unspecified atom stereocenters. The Morgan fingerprint density at radius 3 is 2.45 bits per heavy atom. The van der Waals surface area contributed by atoms with Crippen molar-refractivity contribution in [3.63, 3.8) is 0 Å². The van der Waals surface area contributed by atoms with Gasteiger partial charge in [0.25, 0.3) is 0 Å². The zero-order chi connectivity index (χ0) is 22.2. The lowest BCUT2D eigenvalue weighted by Gasteiger charge is -2.11. The van der Waals surface area contributed by atoms with Gasteiger partial charge in [0.1, 0.15) is 5.82 Å². The van der Waals surface area contributed by atoms with E-state index in [0.29, 0.717) is 11.5 Å². The number of alkyl halides is 3. The Bertz CT molecular complexity index is 1260. The van der Waals surface area contributed by atoms with E-state index in [4.69, 9.17) is 5.73 Å².